The van der Waals surface area contributed by atoms with Crippen molar-refractivity contribution in [3.8, 4) is 11.5 Å². The van der Waals surface area contributed by atoms with Gasteiger partial charge in [0.1, 0.15) is 11.5 Å². The zero-order valence-corrected chi connectivity index (χ0v) is 16.7. The smallest absolute Gasteiger partial charge is 0.322 e. The first kappa shape index (κ1) is 20.0. The van der Waals surface area contributed by atoms with Crippen LogP contribution in [-0.2, 0) is 0 Å². The molecular formula is C20H26N2O3S. The molecule has 0 aliphatic heterocycles. The van der Waals surface area contributed by atoms with Crippen molar-refractivity contribution in [3.63, 3.8) is 0 Å². The molecule has 140 valence electrons. The molecule has 0 aliphatic carbocycles. The van der Waals surface area contributed by atoms with Crippen molar-refractivity contribution in [1.29, 1.82) is 0 Å². The highest BCUT2D eigenvalue weighted by Gasteiger charge is 2.21. The summed E-state index contributed by atoms with van der Waals surface area (Å²) in [6, 6.07) is 13.1. The number of carbonyl (C=O) groups excluding carboxylic acids is 1. The molecule has 1 atom stereocenters. The number of methoxy groups -OCH3 is 2. The van der Waals surface area contributed by atoms with Gasteiger partial charge in [0.25, 0.3) is 0 Å². The van der Waals surface area contributed by atoms with Gasteiger partial charge in [-0.3, -0.25) is 0 Å². The summed E-state index contributed by atoms with van der Waals surface area (Å²) in [5.74, 6) is 2.36. The number of hydrogen-bond donors (Lipinski definition) is 1. The highest BCUT2D eigenvalue weighted by Crippen LogP contribution is 2.33. The SMILES string of the molecule is CCSc1ccccc1NC(=O)N(C)C(C)c1ccc(OC)cc1OC. The molecule has 0 heterocycles. The number of ether oxygens (including phenoxy) is 2. The van der Waals surface area contributed by atoms with Crippen LogP contribution in [0.2, 0.25) is 0 Å². The van der Waals surface area contributed by atoms with Crippen LogP contribution < -0.4 is 14.8 Å². The molecule has 2 amide bonds. The summed E-state index contributed by atoms with van der Waals surface area (Å²) in [6.45, 7) is 4.06. The predicted molar refractivity (Wildman–Crippen MR) is 108 cm³/mol. The molecule has 0 spiro atoms. The van der Waals surface area contributed by atoms with E-state index >= 15 is 0 Å². The van der Waals surface area contributed by atoms with Gasteiger partial charge in [-0.25, -0.2) is 4.79 Å². The number of benzene rings is 2. The van der Waals surface area contributed by atoms with Crippen molar-refractivity contribution in [2.24, 2.45) is 0 Å². The van der Waals surface area contributed by atoms with Crippen molar-refractivity contribution in [2.75, 3.05) is 32.3 Å². The first-order chi connectivity index (χ1) is 12.5. The lowest BCUT2D eigenvalue weighted by Gasteiger charge is -2.27. The van der Waals surface area contributed by atoms with Gasteiger partial charge in [-0.05, 0) is 36.9 Å². The molecule has 0 aliphatic rings. The lowest BCUT2D eigenvalue weighted by molar-refractivity contribution is 0.207. The summed E-state index contributed by atoms with van der Waals surface area (Å²) in [7, 11) is 5.01. The fraction of sp³-hybridized carbons (Fsp3) is 0.350. The third kappa shape index (κ3) is 4.64. The molecular weight excluding hydrogens is 348 g/mol. The number of carbonyl (C=O) groups is 1. The standard InChI is InChI=1S/C20H26N2O3S/c1-6-26-19-10-8-7-9-17(19)21-20(23)22(3)14(2)16-12-11-15(24-4)13-18(16)25-5/h7-14H,6H2,1-5H3,(H,21,23). The fourth-order valence-corrected chi connectivity index (χ4v) is 3.36. The van der Waals surface area contributed by atoms with Crippen molar-refractivity contribution in [3.05, 3.63) is 48.0 Å². The maximum atomic E-state index is 12.7. The maximum absolute atomic E-state index is 12.7. The fourth-order valence-electron chi connectivity index (χ4n) is 2.60. The summed E-state index contributed by atoms with van der Waals surface area (Å²) in [4.78, 5) is 15.5. The number of para-hydroxylation sites is 1. The number of amides is 2. The highest BCUT2D eigenvalue weighted by molar-refractivity contribution is 7.99. The average molecular weight is 375 g/mol. The molecule has 2 aromatic carbocycles. The monoisotopic (exact) mass is 374 g/mol. The Morgan fingerprint density at radius 2 is 1.92 bits per heavy atom. The number of thioether (sulfide) groups is 1. The Labute approximate surface area is 159 Å². The van der Waals surface area contributed by atoms with E-state index in [1.807, 2.05) is 49.4 Å². The quantitative estimate of drug-likeness (QED) is 0.690. The molecule has 2 aromatic rings. The van der Waals surface area contributed by atoms with E-state index in [2.05, 4.69) is 12.2 Å². The molecule has 0 saturated heterocycles. The number of hydrogen-bond acceptors (Lipinski definition) is 4. The normalized spacial score (nSPS) is 11.6. The van der Waals surface area contributed by atoms with E-state index in [-0.39, 0.29) is 12.1 Å². The second kappa shape index (κ2) is 9.38. The number of nitrogens with one attached hydrogen (secondary N) is 1. The number of nitrogens with zero attached hydrogens (tertiary/aromatic N) is 1. The first-order valence-corrected chi connectivity index (χ1v) is 9.47. The predicted octanol–water partition coefficient (Wildman–Crippen LogP) is 5.04. The van der Waals surface area contributed by atoms with E-state index in [9.17, 15) is 4.79 Å². The molecule has 26 heavy (non-hydrogen) atoms. The van der Waals surface area contributed by atoms with Crippen LogP contribution in [0.4, 0.5) is 10.5 Å². The summed E-state index contributed by atoms with van der Waals surface area (Å²) in [5.41, 5.74) is 1.74. The van der Waals surface area contributed by atoms with Gasteiger partial charge in [0.05, 0.1) is 25.9 Å². The van der Waals surface area contributed by atoms with Crippen molar-refractivity contribution >= 4 is 23.5 Å². The lowest BCUT2D eigenvalue weighted by atomic mass is 10.1. The summed E-state index contributed by atoms with van der Waals surface area (Å²) in [6.07, 6.45) is 0. The van der Waals surface area contributed by atoms with Crippen molar-refractivity contribution in [1.82, 2.24) is 4.90 Å². The third-order valence-electron chi connectivity index (χ3n) is 4.22. The van der Waals surface area contributed by atoms with Gasteiger partial charge < -0.3 is 19.7 Å². The number of anilines is 1. The van der Waals surface area contributed by atoms with E-state index < -0.39 is 0 Å². The van der Waals surface area contributed by atoms with Crippen LogP contribution in [0.5, 0.6) is 11.5 Å². The molecule has 0 saturated carbocycles. The van der Waals surface area contributed by atoms with Gasteiger partial charge in [-0.2, -0.15) is 0 Å². The van der Waals surface area contributed by atoms with Crippen molar-refractivity contribution < 1.29 is 14.3 Å². The Hall–Kier alpha value is -2.34. The Morgan fingerprint density at radius 1 is 1.19 bits per heavy atom. The second-order valence-corrected chi connectivity index (χ2v) is 7.06. The van der Waals surface area contributed by atoms with Crippen LogP contribution in [0.1, 0.15) is 25.5 Å². The van der Waals surface area contributed by atoms with E-state index in [0.29, 0.717) is 5.75 Å². The van der Waals surface area contributed by atoms with Crippen LogP contribution in [0, 0.1) is 0 Å². The molecule has 5 nitrogen and oxygen atoms in total. The van der Waals surface area contributed by atoms with E-state index in [0.717, 1.165) is 27.6 Å². The van der Waals surface area contributed by atoms with E-state index in [4.69, 9.17) is 9.47 Å². The minimum absolute atomic E-state index is 0.165. The van der Waals surface area contributed by atoms with Gasteiger partial charge in [-0.15, -0.1) is 11.8 Å². The molecule has 0 aromatic heterocycles. The average Bonchev–Trinajstić information content (AvgIpc) is 2.67. The minimum Gasteiger partial charge on any atom is -0.497 e. The first-order valence-electron chi connectivity index (χ1n) is 8.49. The number of urea groups is 1. The molecule has 2 rings (SSSR count). The Bertz CT molecular complexity index is 752. The van der Waals surface area contributed by atoms with Crippen molar-refractivity contribution in [2.45, 2.75) is 24.8 Å². The topological polar surface area (TPSA) is 50.8 Å². The van der Waals surface area contributed by atoms with Crippen LogP contribution in [-0.4, -0.2) is 38.0 Å². The van der Waals surface area contributed by atoms with E-state index in [1.54, 1.807) is 37.9 Å². The molecule has 6 heteroatoms. The zero-order valence-electron chi connectivity index (χ0n) is 15.9. The van der Waals surface area contributed by atoms with Crippen LogP contribution >= 0.6 is 11.8 Å². The van der Waals surface area contributed by atoms with Gasteiger partial charge in [0, 0.05) is 23.6 Å². The molecule has 1 unspecified atom stereocenters. The lowest BCUT2D eigenvalue weighted by Crippen LogP contribution is -2.33. The molecule has 0 bridgehead atoms. The van der Waals surface area contributed by atoms with Crippen LogP contribution in [0.15, 0.2) is 47.4 Å². The van der Waals surface area contributed by atoms with Gasteiger partial charge in [0.15, 0.2) is 0 Å². The van der Waals surface area contributed by atoms with Gasteiger partial charge in [0.2, 0.25) is 0 Å². The second-order valence-electron chi connectivity index (χ2n) is 5.75. The number of rotatable bonds is 7. The Morgan fingerprint density at radius 3 is 2.58 bits per heavy atom. The summed E-state index contributed by atoms with van der Waals surface area (Å²) < 4.78 is 10.7. The largest absolute Gasteiger partial charge is 0.497 e. The summed E-state index contributed by atoms with van der Waals surface area (Å²) >= 11 is 1.70. The highest BCUT2D eigenvalue weighted by atomic mass is 32.2. The zero-order chi connectivity index (χ0) is 19.1. The van der Waals surface area contributed by atoms with Gasteiger partial charge in [-0.1, -0.05) is 19.1 Å². The van der Waals surface area contributed by atoms with Gasteiger partial charge >= 0.3 is 6.03 Å². The molecule has 0 fully saturated rings. The minimum atomic E-state index is -0.167. The maximum Gasteiger partial charge on any atom is 0.322 e. The molecule has 0 radical (unpaired) electrons. The summed E-state index contributed by atoms with van der Waals surface area (Å²) in [5, 5.41) is 3.01. The Kier molecular flexibility index (Phi) is 7.21. The third-order valence-corrected chi connectivity index (χ3v) is 5.18. The van der Waals surface area contributed by atoms with Crippen LogP contribution in [0.3, 0.4) is 0 Å². The van der Waals surface area contributed by atoms with Crippen LogP contribution in [0.25, 0.3) is 0 Å². The Balaban J connectivity index is 2.18. The molecule has 1 N–H and O–H groups in total. The van der Waals surface area contributed by atoms with E-state index in [1.165, 1.54) is 0 Å².